The predicted molar refractivity (Wildman–Crippen MR) is 98.3 cm³/mol. The summed E-state index contributed by atoms with van der Waals surface area (Å²) in [6.45, 7) is 9.00. The van der Waals surface area contributed by atoms with Crippen LogP contribution >= 0.6 is 27.5 Å². The standard InChI is InChI=1S/C17H24BrClN2O2/c1-11-8-13(18)15(9-14(11)19)20-12-6-5-7-21(10-12)16(22)23-17(2,3)4/h8-9,12,20H,5-7,10H2,1-4H3. The van der Waals surface area contributed by atoms with E-state index in [0.717, 1.165) is 40.1 Å². The van der Waals surface area contributed by atoms with Gasteiger partial charge >= 0.3 is 6.09 Å². The fourth-order valence-electron chi connectivity index (χ4n) is 2.56. The summed E-state index contributed by atoms with van der Waals surface area (Å²) in [7, 11) is 0. The molecule has 0 aromatic heterocycles. The summed E-state index contributed by atoms with van der Waals surface area (Å²) >= 11 is 9.78. The van der Waals surface area contributed by atoms with E-state index in [0.29, 0.717) is 6.54 Å². The molecule has 6 heteroatoms. The number of benzene rings is 1. The lowest BCUT2D eigenvalue weighted by Crippen LogP contribution is -2.47. The monoisotopic (exact) mass is 402 g/mol. The molecule has 1 aromatic rings. The Labute approximate surface area is 151 Å². The van der Waals surface area contributed by atoms with Gasteiger partial charge in [0.1, 0.15) is 5.60 Å². The van der Waals surface area contributed by atoms with Crippen LogP contribution in [0.5, 0.6) is 0 Å². The van der Waals surface area contributed by atoms with E-state index in [2.05, 4.69) is 21.2 Å². The molecule has 1 fully saturated rings. The summed E-state index contributed by atoms with van der Waals surface area (Å²) in [6.07, 6.45) is 1.72. The van der Waals surface area contributed by atoms with Crippen molar-refractivity contribution in [1.29, 1.82) is 0 Å². The number of amides is 1. The lowest BCUT2D eigenvalue weighted by molar-refractivity contribution is 0.0206. The summed E-state index contributed by atoms with van der Waals surface area (Å²) in [5, 5.41) is 4.22. The highest BCUT2D eigenvalue weighted by Crippen LogP contribution is 2.30. The van der Waals surface area contributed by atoms with E-state index in [1.165, 1.54) is 0 Å². The number of likely N-dealkylation sites (tertiary alicyclic amines) is 1. The zero-order valence-electron chi connectivity index (χ0n) is 14.1. The van der Waals surface area contributed by atoms with Crippen LogP contribution in [0.3, 0.4) is 0 Å². The van der Waals surface area contributed by atoms with E-state index < -0.39 is 5.60 Å². The van der Waals surface area contributed by atoms with Gasteiger partial charge in [0.05, 0.1) is 5.69 Å². The van der Waals surface area contributed by atoms with E-state index in [4.69, 9.17) is 16.3 Å². The van der Waals surface area contributed by atoms with Gasteiger partial charge in [0.15, 0.2) is 0 Å². The van der Waals surface area contributed by atoms with E-state index in [-0.39, 0.29) is 12.1 Å². The number of aryl methyl sites for hydroxylation is 1. The van der Waals surface area contributed by atoms with Crippen molar-refractivity contribution in [3.8, 4) is 0 Å². The Hall–Kier alpha value is -0.940. The van der Waals surface area contributed by atoms with Crippen LogP contribution in [0.4, 0.5) is 10.5 Å². The SMILES string of the molecule is Cc1cc(Br)c(NC2CCCN(C(=O)OC(C)(C)C)C2)cc1Cl. The first-order valence-electron chi connectivity index (χ1n) is 7.86. The van der Waals surface area contributed by atoms with Gasteiger partial charge in [0.25, 0.3) is 0 Å². The summed E-state index contributed by atoms with van der Waals surface area (Å²) in [6, 6.07) is 4.11. The number of carbonyl (C=O) groups excluding carboxylic acids is 1. The summed E-state index contributed by atoms with van der Waals surface area (Å²) in [5.74, 6) is 0. The second-order valence-electron chi connectivity index (χ2n) is 6.99. The minimum atomic E-state index is -0.467. The predicted octanol–water partition coefficient (Wildman–Crippen LogP) is 5.22. The fourth-order valence-corrected chi connectivity index (χ4v) is 3.30. The van der Waals surface area contributed by atoms with Crippen LogP contribution in [0.15, 0.2) is 16.6 Å². The fraction of sp³-hybridized carbons (Fsp3) is 0.588. The van der Waals surface area contributed by atoms with Gasteiger partial charge in [-0.15, -0.1) is 0 Å². The first-order chi connectivity index (χ1) is 10.7. The molecule has 1 N–H and O–H groups in total. The number of hydrogen-bond acceptors (Lipinski definition) is 3. The van der Waals surface area contributed by atoms with Crippen molar-refractivity contribution in [1.82, 2.24) is 4.90 Å². The Balaban J connectivity index is 2.02. The molecule has 0 spiro atoms. The number of anilines is 1. The molecule has 128 valence electrons. The second kappa shape index (κ2) is 7.31. The Morgan fingerprint density at radius 3 is 2.78 bits per heavy atom. The third-order valence-electron chi connectivity index (χ3n) is 3.68. The van der Waals surface area contributed by atoms with Gasteiger partial charge in [0, 0.05) is 28.6 Å². The van der Waals surface area contributed by atoms with Crippen LogP contribution in [0.25, 0.3) is 0 Å². The molecule has 1 aliphatic rings. The Morgan fingerprint density at radius 1 is 1.43 bits per heavy atom. The molecule has 1 saturated heterocycles. The van der Waals surface area contributed by atoms with Crippen molar-refractivity contribution in [3.63, 3.8) is 0 Å². The summed E-state index contributed by atoms with van der Waals surface area (Å²) < 4.78 is 6.44. The van der Waals surface area contributed by atoms with Crippen LogP contribution in [-0.2, 0) is 4.74 Å². The Kier molecular flexibility index (Phi) is 5.84. The minimum absolute atomic E-state index is 0.186. The maximum Gasteiger partial charge on any atom is 0.410 e. The lowest BCUT2D eigenvalue weighted by Gasteiger charge is -2.35. The molecule has 23 heavy (non-hydrogen) atoms. The van der Waals surface area contributed by atoms with Gasteiger partial charge in [-0.1, -0.05) is 11.6 Å². The number of piperidine rings is 1. The third kappa shape index (κ3) is 5.28. The van der Waals surface area contributed by atoms with Crippen molar-refractivity contribution in [3.05, 3.63) is 27.2 Å². The van der Waals surface area contributed by atoms with E-state index in [1.807, 2.05) is 39.8 Å². The molecular weight excluding hydrogens is 380 g/mol. The zero-order valence-corrected chi connectivity index (χ0v) is 16.4. The molecule has 1 unspecified atom stereocenters. The van der Waals surface area contributed by atoms with Crippen molar-refractivity contribution in [2.24, 2.45) is 0 Å². The number of carbonyl (C=O) groups is 1. The molecule has 2 rings (SSSR count). The zero-order chi connectivity index (χ0) is 17.2. The molecule has 0 bridgehead atoms. The highest BCUT2D eigenvalue weighted by Gasteiger charge is 2.27. The van der Waals surface area contributed by atoms with E-state index in [1.54, 1.807) is 4.90 Å². The van der Waals surface area contributed by atoms with E-state index >= 15 is 0 Å². The molecule has 4 nitrogen and oxygen atoms in total. The van der Waals surface area contributed by atoms with Gasteiger partial charge < -0.3 is 15.0 Å². The third-order valence-corrected chi connectivity index (χ3v) is 4.74. The number of hydrogen-bond donors (Lipinski definition) is 1. The molecule has 1 amide bonds. The maximum atomic E-state index is 12.2. The second-order valence-corrected chi connectivity index (χ2v) is 8.25. The van der Waals surface area contributed by atoms with Crippen LogP contribution in [-0.4, -0.2) is 35.7 Å². The largest absolute Gasteiger partial charge is 0.444 e. The molecule has 1 aromatic carbocycles. The topological polar surface area (TPSA) is 41.6 Å². The van der Waals surface area contributed by atoms with Crippen molar-refractivity contribution < 1.29 is 9.53 Å². The lowest BCUT2D eigenvalue weighted by atomic mass is 10.1. The van der Waals surface area contributed by atoms with Crippen molar-refractivity contribution in [2.45, 2.75) is 52.2 Å². The summed E-state index contributed by atoms with van der Waals surface area (Å²) in [4.78, 5) is 14.0. The molecule has 1 heterocycles. The smallest absolute Gasteiger partial charge is 0.410 e. The summed E-state index contributed by atoms with van der Waals surface area (Å²) in [5.41, 5.74) is 1.52. The van der Waals surface area contributed by atoms with Crippen LogP contribution < -0.4 is 5.32 Å². The average Bonchev–Trinajstić information content (AvgIpc) is 2.43. The van der Waals surface area contributed by atoms with Gasteiger partial charge in [-0.05, 0) is 74.2 Å². The van der Waals surface area contributed by atoms with Crippen LogP contribution in [0, 0.1) is 6.92 Å². The van der Waals surface area contributed by atoms with Gasteiger partial charge in [-0.25, -0.2) is 4.79 Å². The number of rotatable bonds is 2. The number of nitrogens with one attached hydrogen (secondary N) is 1. The highest BCUT2D eigenvalue weighted by atomic mass is 79.9. The number of nitrogens with zero attached hydrogens (tertiary/aromatic N) is 1. The molecule has 1 atom stereocenters. The average molecular weight is 404 g/mol. The maximum absolute atomic E-state index is 12.2. The van der Waals surface area contributed by atoms with Crippen LogP contribution in [0.2, 0.25) is 5.02 Å². The Morgan fingerprint density at radius 2 is 2.13 bits per heavy atom. The first kappa shape index (κ1) is 18.4. The minimum Gasteiger partial charge on any atom is -0.444 e. The van der Waals surface area contributed by atoms with Crippen molar-refractivity contribution >= 4 is 39.3 Å². The number of ether oxygens (including phenoxy) is 1. The van der Waals surface area contributed by atoms with Crippen molar-refractivity contribution in [2.75, 3.05) is 18.4 Å². The first-order valence-corrected chi connectivity index (χ1v) is 9.03. The molecular formula is C17H24BrClN2O2. The molecule has 0 aliphatic carbocycles. The van der Waals surface area contributed by atoms with Crippen LogP contribution in [0.1, 0.15) is 39.2 Å². The van der Waals surface area contributed by atoms with E-state index in [9.17, 15) is 4.79 Å². The number of halogens is 2. The molecule has 1 aliphatic heterocycles. The van der Waals surface area contributed by atoms with Gasteiger partial charge in [0.2, 0.25) is 0 Å². The normalized spacial score (nSPS) is 18.7. The van der Waals surface area contributed by atoms with Gasteiger partial charge in [-0.3, -0.25) is 0 Å². The van der Waals surface area contributed by atoms with Gasteiger partial charge in [-0.2, -0.15) is 0 Å². The quantitative estimate of drug-likeness (QED) is 0.736. The molecule has 0 radical (unpaired) electrons. The Bertz CT molecular complexity index is 587. The molecule has 0 saturated carbocycles. The highest BCUT2D eigenvalue weighted by molar-refractivity contribution is 9.10.